The monoisotopic (exact) mass is 374 g/mol. The van der Waals surface area contributed by atoms with E-state index in [-0.39, 0.29) is 11.7 Å². The number of carbonyl (C=O) groups excluding carboxylic acids is 1. The molecule has 0 atom stereocenters. The van der Waals surface area contributed by atoms with Crippen molar-refractivity contribution in [2.75, 3.05) is 25.6 Å². The summed E-state index contributed by atoms with van der Waals surface area (Å²) in [4.78, 5) is 22.3. The SMILES string of the molecule is COCCNC(=O)c1sc2ncnc(NCc3cccc(F)c3)c2c1C. The van der Waals surface area contributed by atoms with Crippen LogP contribution in [0.5, 0.6) is 0 Å². The molecular weight excluding hydrogens is 355 g/mol. The van der Waals surface area contributed by atoms with Crippen molar-refractivity contribution in [1.29, 1.82) is 0 Å². The summed E-state index contributed by atoms with van der Waals surface area (Å²) in [5.74, 6) is 0.196. The van der Waals surface area contributed by atoms with Crippen LogP contribution in [0.1, 0.15) is 20.8 Å². The van der Waals surface area contributed by atoms with Crippen LogP contribution in [0.25, 0.3) is 10.2 Å². The van der Waals surface area contributed by atoms with Gasteiger partial charge in [-0.1, -0.05) is 12.1 Å². The molecule has 0 bridgehead atoms. The number of amides is 1. The molecule has 0 saturated carbocycles. The second kappa shape index (κ2) is 8.20. The van der Waals surface area contributed by atoms with E-state index in [0.29, 0.717) is 30.4 Å². The molecule has 0 radical (unpaired) electrons. The molecule has 2 heterocycles. The third-order valence-electron chi connectivity index (χ3n) is 3.87. The third kappa shape index (κ3) is 3.97. The highest BCUT2D eigenvalue weighted by molar-refractivity contribution is 7.20. The summed E-state index contributed by atoms with van der Waals surface area (Å²) < 4.78 is 18.3. The number of thiophene rings is 1. The molecule has 6 nitrogen and oxygen atoms in total. The summed E-state index contributed by atoms with van der Waals surface area (Å²) in [6.07, 6.45) is 1.46. The number of hydrogen-bond acceptors (Lipinski definition) is 6. The van der Waals surface area contributed by atoms with Gasteiger partial charge in [0.1, 0.15) is 22.8 Å². The highest BCUT2D eigenvalue weighted by atomic mass is 32.1. The molecule has 0 spiro atoms. The molecule has 2 N–H and O–H groups in total. The van der Waals surface area contributed by atoms with Crippen molar-refractivity contribution in [3.8, 4) is 0 Å². The zero-order chi connectivity index (χ0) is 18.5. The Hall–Kier alpha value is -2.58. The van der Waals surface area contributed by atoms with Gasteiger partial charge < -0.3 is 15.4 Å². The van der Waals surface area contributed by atoms with E-state index in [1.54, 1.807) is 13.2 Å². The molecule has 8 heteroatoms. The van der Waals surface area contributed by atoms with E-state index in [2.05, 4.69) is 20.6 Å². The van der Waals surface area contributed by atoms with E-state index >= 15 is 0 Å². The lowest BCUT2D eigenvalue weighted by Gasteiger charge is -2.08. The summed E-state index contributed by atoms with van der Waals surface area (Å²) >= 11 is 1.32. The molecule has 1 aromatic carbocycles. The lowest BCUT2D eigenvalue weighted by atomic mass is 10.2. The predicted octanol–water partition coefficient (Wildman–Crippen LogP) is 3.13. The fraction of sp³-hybridized carbons (Fsp3) is 0.278. The molecule has 0 fully saturated rings. The van der Waals surface area contributed by atoms with Crippen molar-refractivity contribution in [1.82, 2.24) is 15.3 Å². The molecule has 136 valence electrons. The zero-order valence-electron chi connectivity index (χ0n) is 14.5. The maximum atomic E-state index is 13.3. The molecule has 0 saturated heterocycles. The second-order valence-electron chi connectivity index (χ2n) is 5.69. The fourth-order valence-corrected chi connectivity index (χ4v) is 3.67. The standard InChI is InChI=1S/C18H19FN4O2S/c1-11-14-16(21-9-12-4-3-5-13(19)8-12)22-10-23-18(14)26-15(11)17(24)20-6-7-25-2/h3-5,8,10H,6-7,9H2,1-2H3,(H,20,24)(H,21,22,23). The lowest BCUT2D eigenvalue weighted by molar-refractivity contribution is 0.0940. The molecule has 1 amide bonds. The van der Waals surface area contributed by atoms with Gasteiger partial charge >= 0.3 is 0 Å². The van der Waals surface area contributed by atoms with Gasteiger partial charge in [0.25, 0.3) is 5.91 Å². The maximum absolute atomic E-state index is 13.3. The molecule has 0 aliphatic carbocycles. The van der Waals surface area contributed by atoms with E-state index < -0.39 is 0 Å². The van der Waals surface area contributed by atoms with Crippen LogP contribution in [0.2, 0.25) is 0 Å². The Morgan fingerprint density at radius 1 is 1.35 bits per heavy atom. The number of carbonyl (C=O) groups is 1. The topological polar surface area (TPSA) is 76.1 Å². The molecule has 0 aliphatic heterocycles. The minimum absolute atomic E-state index is 0.154. The van der Waals surface area contributed by atoms with Crippen LogP contribution in [0.15, 0.2) is 30.6 Å². The van der Waals surface area contributed by atoms with E-state index in [0.717, 1.165) is 21.3 Å². The van der Waals surface area contributed by atoms with E-state index in [1.807, 2.05) is 13.0 Å². The van der Waals surface area contributed by atoms with Crippen molar-refractivity contribution in [3.63, 3.8) is 0 Å². The van der Waals surface area contributed by atoms with Gasteiger partial charge in [0.2, 0.25) is 0 Å². The lowest BCUT2D eigenvalue weighted by Crippen LogP contribution is -2.26. The van der Waals surface area contributed by atoms with Crippen molar-refractivity contribution in [2.45, 2.75) is 13.5 Å². The normalized spacial score (nSPS) is 10.9. The predicted molar refractivity (Wildman–Crippen MR) is 100 cm³/mol. The molecule has 3 aromatic rings. The average molecular weight is 374 g/mol. The summed E-state index contributed by atoms with van der Waals surface area (Å²) in [5, 5.41) is 6.85. The summed E-state index contributed by atoms with van der Waals surface area (Å²) in [5.41, 5.74) is 1.63. The summed E-state index contributed by atoms with van der Waals surface area (Å²) in [6.45, 7) is 3.20. The molecule has 0 aliphatic rings. The summed E-state index contributed by atoms with van der Waals surface area (Å²) in [7, 11) is 1.59. The molecule has 2 aromatic heterocycles. The number of benzene rings is 1. The number of rotatable bonds is 7. The number of aromatic nitrogens is 2. The van der Waals surface area contributed by atoms with Crippen molar-refractivity contribution in [2.24, 2.45) is 0 Å². The smallest absolute Gasteiger partial charge is 0.261 e. The Morgan fingerprint density at radius 2 is 2.19 bits per heavy atom. The van der Waals surface area contributed by atoms with Gasteiger partial charge in [0, 0.05) is 20.2 Å². The third-order valence-corrected chi connectivity index (χ3v) is 5.07. The Bertz CT molecular complexity index is 929. The fourth-order valence-electron chi connectivity index (χ4n) is 2.60. The summed E-state index contributed by atoms with van der Waals surface area (Å²) in [6, 6.07) is 6.38. The van der Waals surface area contributed by atoms with Crippen LogP contribution >= 0.6 is 11.3 Å². The van der Waals surface area contributed by atoms with Crippen LogP contribution < -0.4 is 10.6 Å². The van der Waals surface area contributed by atoms with Gasteiger partial charge in [-0.25, -0.2) is 14.4 Å². The number of methoxy groups -OCH3 is 1. The first-order valence-corrected chi connectivity index (χ1v) is 8.91. The Balaban J connectivity index is 1.84. The number of fused-ring (bicyclic) bond motifs is 1. The highest BCUT2D eigenvalue weighted by Gasteiger charge is 2.19. The quantitative estimate of drug-likeness (QED) is 0.622. The van der Waals surface area contributed by atoms with Crippen LogP contribution in [-0.2, 0) is 11.3 Å². The van der Waals surface area contributed by atoms with Crippen LogP contribution in [-0.4, -0.2) is 36.1 Å². The van der Waals surface area contributed by atoms with E-state index in [4.69, 9.17) is 4.74 Å². The van der Waals surface area contributed by atoms with Gasteiger partial charge in [0.15, 0.2) is 0 Å². The van der Waals surface area contributed by atoms with Gasteiger partial charge in [0.05, 0.1) is 16.9 Å². The average Bonchev–Trinajstić information content (AvgIpc) is 2.98. The minimum Gasteiger partial charge on any atom is -0.383 e. The molecule has 0 unspecified atom stereocenters. The second-order valence-corrected chi connectivity index (χ2v) is 6.69. The number of anilines is 1. The number of halogens is 1. The number of ether oxygens (including phenoxy) is 1. The number of aryl methyl sites for hydroxylation is 1. The Morgan fingerprint density at radius 3 is 2.96 bits per heavy atom. The number of nitrogens with one attached hydrogen (secondary N) is 2. The van der Waals surface area contributed by atoms with Gasteiger partial charge in [-0.3, -0.25) is 4.79 Å². The van der Waals surface area contributed by atoms with Crippen molar-refractivity contribution in [3.05, 3.63) is 52.4 Å². The first-order chi connectivity index (χ1) is 12.6. The zero-order valence-corrected chi connectivity index (χ0v) is 15.3. The molecule has 3 rings (SSSR count). The highest BCUT2D eigenvalue weighted by Crippen LogP contribution is 2.33. The molecular formula is C18H19FN4O2S. The number of hydrogen-bond donors (Lipinski definition) is 2. The number of nitrogens with zero attached hydrogens (tertiary/aromatic N) is 2. The van der Waals surface area contributed by atoms with Gasteiger partial charge in [-0.15, -0.1) is 11.3 Å². The Kier molecular flexibility index (Phi) is 5.75. The maximum Gasteiger partial charge on any atom is 0.261 e. The van der Waals surface area contributed by atoms with E-state index in [9.17, 15) is 9.18 Å². The Labute approximate surface area is 154 Å². The first kappa shape index (κ1) is 18.2. The van der Waals surface area contributed by atoms with Crippen molar-refractivity contribution >= 4 is 33.3 Å². The molecule has 26 heavy (non-hydrogen) atoms. The van der Waals surface area contributed by atoms with Crippen LogP contribution in [0.3, 0.4) is 0 Å². The van der Waals surface area contributed by atoms with Crippen molar-refractivity contribution < 1.29 is 13.9 Å². The largest absolute Gasteiger partial charge is 0.383 e. The van der Waals surface area contributed by atoms with E-state index in [1.165, 1.54) is 29.8 Å². The first-order valence-electron chi connectivity index (χ1n) is 8.09. The minimum atomic E-state index is -0.279. The van der Waals surface area contributed by atoms with Crippen LogP contribution in [0, 0.1) is 12.7 Å². The van der Waals surface area contributed by atoms with Gasteiger partial charge in [-0.05, 0) is 30.2 Å². The van der Waals surface area contributed by atoms with Gasteiger partial charge in [-0.2, -0.15) is 0 Å². The van der Waals surface area contributed by atoms with Crippen LogP contribution in [0.4, 0.5) is 10.2 Å².